The molecule has 21 heavy (non-hydrogen) atoms. The predicted molar refractivity (Wildman–Crippen MR) is 83.6 cm³/mol. The van der Waals surface area contributed by atoms with Crippen LogP contribution in [0.3, 0.4) is 0 Å². The minimum atomic E-state index is -3.43. The second kappa shape index (κ2) is 7.28. The highest BCUT2D eigenvalue weighted by atomic mass is 32.2. The van der Waals surface area contributed by atoms with E-state index < -0.39 is 21.8 Å². The smallest absolute Gasteiger partial charge is 0.296 e. The lowest BCUT2D eigenvalue weighted by Crippen LogP contribution is -2.38. The third kappa shape index (κ3) is 4.91. The number of hydrogen-bond donors (Lipinski definition) is 1. The van der Waals surface area contributed by atoms with Crippen LogP contribution in [-0.2, 0) is 14.6 Å². The van der Waals surface area contributed by atoms with Gasteiger partial charge in [-0.3, -0.25) is 4.79 Å². The normalized spacial score (nSPS) is 12.2. The molecule has 114 valence electrons. The van der Waals surface area contributed by atoms with Gasteiger partial charge in [-0.25, -0.2) is 8.42 Å². The number of benzene rings is 1. The van der Waals surface area contributed by atoms with Crippen LogP contribution in [0, 0.1) is 25.7 Å². The Morgan fingerprint density at radius 1 is 1.29 bits per heavy atom. The SMILES string of the molecule is CC#CC(=O)N[C@@H](CC)CS(=O)(=O)c1ccc(C)c(C)c1. The Morgan fingerprint density at radius 3 is 2.48 bits per heavy atom. The van der Waals surface area contributed by atoms with Gasteiger partial charge in [0.25, 0.3) is 5.91 Å². The van der Waals surface area contributed by atoms with E-state index in [4.69, 9.17) is 0 Å². The van der Waals surface area contributed by atoms with Crippen molar-refractivity contribution in [1.82, 2.24) is 5.32 Å². The zero-order chi connectivity index (χ0) is 16.0. The van der Waals surface area contributed by atoms with Gasteiger partial charge in [0.15, 0.2) is 9.84 Å². The Morgan fingerprint density at radius 2 is 1.95 bits per heavy atom. The van der Waals surface area contributed by atoms with Crippen molar-refractivity contribution in [2.45, 2.75) is 45.1 Å². The van der Waals surface area contributed by atoms with Crippen LogP contribution < -0.4 is 5.32 Å². The summed E-state index contributed by atoms with van der Waals surface area (Å²) in [7, 11) is -3.43. The molecular weight excluding hydrogens is 286 g/mol. The first-order valence-electron chi connectivity index (χ1n) is 6.83. The zero-order valence-corrected chi connectivity index (χ0v) is 13.7. The van der Waals surface area contributed by atoms with Crippen LogP contribution >= 0.6 is 0 Å². The number of hydrogen-bond acceptors (Lipinski definition) is 3. The molecule has 1 aromatic rings. The lowest BCUT2D eigenvalue weighted by Gasteiger charge is -2.16. The van der Waals surface area contributed by atoms with Crippen molar-refractivity contribution in [3.8, 4) is 11.8 Å². The van der Waals surface area contributed by atoms with Gasteiger partial charge in [-0.2, -0.15) is 0 Å². The molecule has 0 unspecified atom stereocenters. The van der Waals surface area contributed by atoms with Crippen molar-refractivity contribution in [2.24, 2.45) is 0 Å². The Balaban J connectivity index is 2.93. The molecule has 1 aromatic carbocycles. The second-order valence-electron chi connectivity index (χ2n) is 4.98. The van der Waals surface area contributed by atoms with Crippen molar-refractivity contribution in [3.63, 3.8) is 0 Å². The van der Waals surface area contributed by atoms with Gasteiger partial charge in [0, 0.05) is 6.04 Å². The summed E-state index contributed by atoms with van der Waals surface area (Å²) in [5.41, 5.74) is 1.98. The number of carbonyl (C=O) groups is 1. The van der Waals surface area contributed by atoms with Gasteiger partial charge in [0.2, 0.25) is 0 Å². The maximum absolute atomic E-state index is 12.4. The quantitative estimate of drug-likeness (QED) is 0.846. The van der Waals surface area contributed by atoms with Crippen LogP contribution in [0.2, 0.25) is 0 Å². The minimum Gasteiger partial charge on any atom is -0.342 e. The summed E-state index contributed by atoms with van der Waals surface area (Å²) in [6.07, 6.45) is 0.529. The summed E-state index contributed by atoms with van der Waals surface area (Å²) in [6, 6.07) is 4.64. The summed E-state index contributed by atoms with van der Waals surface area (Å²) in [6.45, 7) is 7.21. The maximum atomic E-state index is 12.4. The average Bonchev–Trinajstić information content (AvgIpc) is 2.41. The Kier molecular flexibility index (Phi) is 5.98. The fourth-order valence-corrected chi connectivity index (χ4v) is 3.54. The summed E-state index contributed by atoms with van der Waals surface area (Å²) >= 11 is 0. The summed E-state index contributed by atoms with van der Waals surface area (Å²) in [4.78, 5) is 11.7. The van der Waals surface area contributed by atoms with Crippen molar-refractivity contribution in [2.75, 3.05) is 5.75 Å². The van der Waals surface area contributed by atoms with Crippen molar-refractivity contribution < 1.29 is 13.2 Å². The first kappa shape index (κ1) is 17.3. The molecule has 0 spiro atoms. The van der Waals surface area contributed by atoms with Crippen molar-refractivity contribution in [1.29, 1.82) is 0 Å². The number of rotatable bonds is 5. The molecule has 0 bridgehead atoms. The molecule has 0 radical (unpaired) electrons. The average molecular weight is 307 g/mol. The monoisotopic (exact) mass is 307 g/mol. The Labute approximate surface area is 126 Å². The largest absolute Gasteiger partial charge is 0.342 e. The predicted octanol–water partition coefficient (Wildman–Crippen LogP) is 2.00. The Hall–Kier alpha value is -1.80. The Bertz CT molecular complexity index is 681. The van der Waals surface area contributed by atoms with Crippen LogP contribution in [0.5, 0.6) is 0 Å². The molecule has 0 saturated carbocycles. The molecule has 1 rings (SSSR count). The highest BCUT2D eigenvalue weighted by Gasteiger charge is 2.21. The van der Waals surface area contributed by atoms with E-state index in [1.54, 1.807) is 25.1 Å². The lowest BCUT2D eigenvalue weighted by atomic mass is 10.1. The number of sulfone groups is 1. The summed E-state index contributed by atoms with van der Waals surface area (Å²) in [5, 5.41) is 2.63. The van der Waals surface area contributed by atoms with E-state index in [1.807, 2.05) is 20.8 Å². The van der Waals surface area contributed by atoms with Gasteiger partial charge in [-0.15, -0.1) is 0 Å². The van der Waals surface area contributed by atoms with Crippen LogP contribution in [0.15, 0.2) is 23.1 Å². The molecular formula is C16H21NO3S. The van der Waals surface area contributed by atoms with E-state index in [0.717, 1.165) is 11.1 Å². The van der Waals surface area contributed by atoms with Gasteiger partial charge in [0.05, 0.1) is 10.6 Å². The van der Waals surface area contributed by atoms with Gasteiger partial charge < -0.3 is 5.32 Å². The molecule has 0 heterocycles. The van der Waals surface area contributed by atoms with E-state index in [9.17, 15) is 13.2 Å². The molecule has 1 amide bonds. The molecule has 1 N–H and O–H groups in total. The maximum Gasteiger partial charge on any atom is 0.296 e. The standard InChI is InChI=1S/C16H21NO3S/c1-5-7-16(18)17-14(6-2)11-21(19,20)15-9-8-12(3)13(4)10-15/h8-10,14H,6,11H2,1-4H3,(H,17,18)/t14-/m0/s1. The third-order valence-corrected chi connectivity index (χ3v) is 5.14. The highest BCUT2D eigenvalue weighted by molar-refractivity contribution is 7.91. The molecule has 0 aliphatic carbocycles. The van der Waals surface area contributed by atoms with Gasteiger partial charge in [0.1, 0.15) is 0 Å². The van der Waals surface area contributed by atoms with Gasteiger partial charge >= 0.3 is 0 Å². The fourth-order valence-electron chi connectivity index (χ4n) is 1.87. The van der Waals surface area contributed by atoms with Crippen LogP contribution in [-0.4, -0.2) is 26.1 Å². The molecule has 0 aromatic heterocycles. The molecule has 0 saturated heterocycles. The lowest BCUT2D eigenvalue weighted by molar-refractivity contribution is -0.116. The molecule has 0 aliphatic rings. The molecule has 0 fully saturated rings. The van der Waals surface area contributed by atoms with E-state index >= 15 is 0 Å². The molecule has 0 aliphatic heterocycles. The van der Waals surface area contributed by atoms with Crippen molar-refractivity contribution >= 4 is 15.7 Å². The fraction of sp³-hybridized carbons (Fsp3) is 0.438. The van der Waals surface area contributed by atoms with Gasteiger partial charge in [-0.05, 0) is 56.4 Å². The number of aryl methyl sites for hydroxylation is 2. The second-order valence-corrected chi connectivity index (χ2v) is 7.02. The number of nitrogens with one attached hydrogen (secondary N) is 1. The zero-order valence-electron chi connectivity index (χ0n) is 12.9. The molecule has 1 atom stereocenters. The van der Waals surface area contributed by atoms with E-state index in [0.29, 0.717) is 11.3 Å². The molecule has 5 heteroatoms. The first-order chi connectivity index (χ1) is 9.80. The topological polar surface area (TPSA) is 63.2 Å². The minimum absolute atomic E-state index is 0.122. The van der Waals surface area contributed by atoms with E-state index in [2.05, 4.69) is 17.2 Å². The summed E-state index contributed by atoms with van der Waals surface area (Å²) in [5.74, 6) is 4.28. The van der Waals surface area contributed by atoms with E-state index in [1.165, 1.54) is 0 Å². The van der Waals surface area contributed by atoms with Crippen LogP contribution in [0.4, 0.5) is 0 Å². The number of amides is 1. The van der Waals surface area contributed by atoms with Crippen molar-refractivity contribution in [3.05, 3.63) is 29.3 Å². The third-order valence-electron chi connectivity index (χ3n) is 3.32. The van der Waals surface area contributed by atoms with E-state index in [-0.39, 0.29) is 5.75 Å². The van der Waals surface area contributed by atoms with Crippen LogP contribution in [0.1, 0.15) is 31.4 Å². The number of carbonyl (C=O) groups excluding carboxylic acids is 1. The summed E-state index contributed by atoms with van der Waals surface area (Å²) < 4.78 is 24.8. The van der Waals surface area contributed by atoms with Crippen LogP contribution in [0.25, 0.3) is 0 Å². The first-order valence-corrected chi connectivity index (χ1v) is 8.48. The van der Waals surface area contributed by atoms with Gasteiger partial charge in [-0.1, -0.05) is 18.9 Å². The molecule has 4 nitrogen and oxygen atoms in total. The highest BCUT2D eigenvalue weighted by Crippen LogP contribution is 2.17.